The summed E-state index contributed by atoms with van der Waals surface area (Å²) in [6.07, 6.45) is 1.01. The van der Waals surface area contributed by atoms with Gasteiger partial charge in [-0.05, 0) is 38.0 Å². The second kappa shape index (κ2) is 9.90. The lowest BCUT2D eigenvalue weighted by atomic mass is 9.97. The lowest BCUT2D eigenvalue weighted by Crippen LogP contribution is -2.45. The largest absolute Gasteiger partial charge is 0.496 e. The van der Waals surface area contributed by atoms with E-state index in [2.05, 4.69) is 0 Å². The highest BCUT2D eigenvalue weighted by atomic mass is 32.2. The van der Waals surface area contributed by atoms with Crippen LogP contribution in [0.3, 0.4) is 0 Å². The van der Waals surface area contributed by atoms with E-state index in [0.29, 0.717) is 32.5 Å². The monoisotopic (exact) mass is 441 g/mol. The van der Waals surface area contributed by atoms with Gasteiger partial charge >= 0.3 is 5.97 Å². The summed E-state index contributed by atoms with van der Waals surface area (Å²) in [4.78, 5) is 39.8. The highest BCUT2D eigenvalue weighted by Gasteiger charge is 2.29. The van der Waals surface area contributed by atoms with Crippen molar-refractivity contribution in [3.8, 4) is 5.75 Å². The van der Waals surface area contributed by atoms with Gasteiger partial charge in [0.15, 0.2) is 0 Å². The molecule has 2 rings (SSSR count). The zero-order chi connectivity index (χ0) is 22.5. The maximum Gasteiger partial charge on any atom is 0.309 e. The summed E-state index contributed by atoms with van der Waals surface area (Å²) >= 11 is 0. The summed E-state index contributed by atoms with van der Waals surface area (Å²) in [6, 6.07) is 3.70. The van der Waals surface area contributed by atoms with Crippen molar-refractivity contribution < 1.29 is 32.3 Å². The number of likely N-dealkylation sites (N-methyl/N-ethyl adjacent to an activating group) is 1. The second-order valence-electron chi connectivity index (χ2n) is 6.98. The number of piperidine rings is 1. The molecule has 0 unspecified atom stereocenters. The Morgan fingerprint density at radius 2 is 1.87 bits per heavy atom. The van der Waals surface area contributed by atoms with Crippen molar-refractivity contribution in [2.24, 2.45) is 11.1 Å². The Bertz CT molecular complexity index is 909. The second-order valence-corrected chi connectivity index (χ2v) is 8.54. The average Bonchev–Trinajstić information content (AvgIpc) is 2.72. The van der Waals surface area contributed by atoms with Gasteiger partial charge < -0.3 is 19.3 Å². The number of nitrogens with two attached hydrogens (primary N) is 1. The van der Waals surface area contributed by atoms with Gasteiger partial charge in [-0.3, -0.25) is 14.4 Å². The minimum absolute atomic E-state index is 0.0136. The standard InChI is InChI=1S/C19H27N3O7S/c1-4-29-19(25)13-7-9-22(10-8-13)17(23)12-21(2)18(24)15-11-14(30(20,26)27)5-6-16(15)28-3/h5-6,11,13H,4,7-10,12H2,1-3H3,(H2,20,26,27). The number of carbonyl (C=O) groups excluding carboxylic acids is 3. The van der Waals surface area contributed by atoms with Crippen LogP contribution in [0, 0.1) is 5.92 Å². The number of carbonyl (C=O) groups is 3. The van der Waals surface area contributed by atoms with E-state index >= 15 is 0 Å². The van der Waals surface area contributed by atoms with Gasteiger partial charge in [0.05, 0.1) is 36.6 Å². The topological polar surface area (TPSA) is 136 Å². The summed E-state index contributed by atoms with van der Waals surface area (Å²) in [5.41, 5.74) is -0.0136. The first-order chi connectivity index (χ1) is 14.1. The first-order valence-electron chi connectivity index (χ1n) is 9.49. The first-order valence-corrected chi connectivity index (χ1v) is 11.0. The third-order valence-electron chi connectivity index (χ3n) is 4.92. The van der Waals surface area contributed by atoms with Crippen LogP contribution in [0.25, 0.3) is 0 Å². The van der Waals surface area contributed by atoms with Gasteiger partial charge in [-0.15, -0.1) is 0 Å². The van der Waals surface area contributed by atoms with Crippen molar-refractivity contribution in [3.05, 3.63) is 23.8 Å². The van der Waals surface area contributed by atoms with E-state index in [0.717, 1.165) is 6.07 Å². The van der Waals surface area contributed by atoms with Gasteiger partial charge in [0.25, 0.3) is 5.91 Å². The van der Waals surface area contributed by atoms with E-state index in [4.69, 9.17) is 14.6 Å². The van der Waals surface area contributed by atoms with Crippen molar-refractivity contribution in [1.82, 2.24) is 9.80 Å². The Morgan fingerprint density at radius 1 is 1.23 bits per heavy atom. The average molecular weight is 442 g/mol. The molecule has 30 heavy (non-hydrogen) atoms. The number of sulfonamides is 1. The molecule has 11 heteroatoms. The molecule has 1 aromatic rings. The Morgan fingerprint density at radius 3 is 2.40 bits per heavy atom. The maximum absolute atomic E-state index is 12.8. The zero-order valence-corrected chi connectivity index (χ0v) is 18.1. The van der Waals surface area contributed by atoms with Gasteiger partial charge in [0.1, 0.15) is 5.75 Å². The molecule has 0 aliphatic carbocycles. The van der Waals surface area contributed by atoms with E-state index < -0.39 is 15.9 Å². The van der Waals surface area contributed by atoms with Crippen LogP contribution in [-0.2, 0) is 24.3 Å². The minimum Gasteiger partial charge on any atom is -0.496 e. The highest BCUT2D eigenvalue weighted by molar-refractivity contribution is 7.89. The molecule has 1 aliphatic rings. The Hall–Kier alpha value is -2.66. The first kappa shape index (κ1) is 23.6. The molecule has 1 fully saturated rings. The van der Waals surface area contributed by atoms with E-state index in [1.807, 2.05) is 0 Å². The molecule has 1 aliphatic heterocycles. The van der Waals surface area contributed by atoms with Crippen molar-refractivity contribution in [1.29, 1.82) is 0 Å². The molecule has 1 saturated heterocycles. The van der Waals surface area contributed by atoms with Gasteiger partial charge in [0, 0.05) is 20.1 Å². The van der Waals surface area contributed by atoms with E-state index in [9.17, 15) is 22.8 Å². The molecule has 166 valence electrons. The summed E-state index contributed by atoms with van der Waals surface area (Å²) in [7, 11) is -1.22. The van der Waals surface area contributed by atoms with Crippen molar-refractivity contribution in [2.75, 3.05) is 40.4 Å². The van der Waals surface area contributed by atoms with E-state index in [1.54, 1.807) is 11.8 Å². The summed E-state index contributed by atoms with van der Waals surface area (Å²) in [5.74, 6) is -1.15. The van der Waals surface area contributed by atoms with Crippen molar-refractivity contribution in [2.45, 2.75) is 24.7 Å². The number of primary sulfonamides is 1. The Labute approximate surface area is 176 Å². The molecule has 2 N–H and O–H groups in total. The predicted molar refractivity (Wildman–Crippen MR) is 107 cm³/mol. The molecule has 1 heterocycles. The number of hydrogen-bond acceptors (Lipinski definition) is 7. The van der Waals surface area contributed by atoms with Crippen LogP contribution in [0.1, 0.15) is 30.1 Å². The molecular weight excluding hydrogens is 414 g/mol. The number of nitrogens with zero attached hydrogens (tertiary/aromatic N) is 2. The number of methoxy groups -OCH3 is 1. The van der Waals surface area contributed by atoms with E-state index in [-0.39, 0.29) is 40.5 Å². The summed E-state index contributed by atoms with van der Waals surface area (Å²) < 4.78 is 33.3. The van der Waals surface area contributed by atoms with Crippen LogP contribution in [0.4, 0.5) is 0 Å². The van der Waals surface area contributed by atoms with E-state index in [1.165, 1.54) is 31.2 Å². The smallest absolute Gasteiger partial charge is 0.309 e. The molecule has 0 bridgehead atoms. The lowest BCUT2D eigenvalue weighted by molar-refractivity contribution is -0.151. The fourth-order valence-corrected chi connectivity index (χ4v) is 3.78. The fraction of sp³-hybridized carbons (Fsp3) is 0.526. The molecule has 10 nitrogen and oxygen atoms in total. The zero-order valence-electron chi connectivity index (χ0n) is 17.3. The lowest BCUT2D eigenvalue weighted by Gasteiger charge is -2.32. The molecule has 0 aromatic heterocycles. The molecule has 0 radical (unpaired) electrons. The predicted octanol–water partition coefficient (Wildman–Crippen LogP) is 0.216. The van der Waals surface area contributed by atoms with Crippen LogP contribution in [-0.4, -0.2) is 76.4 Å². The number of amides is 2. The number of ether oxygens (including phenoxy) is 2. The summed E-state index contributed by atoms with van der Waals surface area (Å²) in [5, 5.41) is 5.14. The van der Waals surface area contributed by atoms with Gasteiger partial charge in [-0.2, -0.15) is 0 Å². The SMILES string of the molecule is CCOC(=O)C1CCN(C(=O)CN(C)C(=O)c2cc(S(N)(=O)=O)ccc2OC)CC1. The number of hydrogen-bond donors (Lipinski definition) is 1. The molecular formula is C19H27N3O7S. The Balaban J connectivity index is 2.04. The third-order valence-corrected chi connectivity index (χ3v) is 5.83. The van der Waals surface area contributed by atoms with Crippen LogP contribution < -0.4 is 9.88 Å². The molecule has 0 saturated carbocycles. The van der Waals surface area contributed by atoms with Gasteiger partial charge in [-0.1, -0.05) is 0 Å². The van der Waals surface area contributed by atoms with Crippen LogP contribution >= 0.6 is 0 Å². The number of rotatable bonds is 7. The molecule has 2 amide bonds. The maximum atomic E-state index is 12.8. The number of likely N-dealkylation sites (tertiary alicyclic amines) is 1. The summed E-state index contributed by atoms with van der Waals surface area (Å²) in [6.45, 7) is 2.66. The third kappa shape index (κ3) is 5.70. The number of esters is 1. The molecule has 0 atom stereocenters. The van der Waals surface area contributed by atoms with Crippen LogP contribution in [0.15, 0.2) is 23.1 Å². The van der Waals surface area contributed by atoms with Crippen molar-refractivity contribution >= 4 is 27.8 Å². The fourth-order valence-electron chi connectivity index (χ4n) is 3.24. The van der Waals surface area contributed by atoms with Gasteiger partial charge in [0.2, 0.25) is 15.9 Å². The number of benzene rings is 1. The van der Waals surface area contributed by atoms with Crippen LogP contribution in [0.2, 0.25) is 0 Å². The Kier molecular flexibility index (Phi) is 7.79. The quantitative estimate of drug-likeness (QED) is 0.598. The highest BCUT2D eigenvalue weighted by Crippen LogP contribution is 2.24. The molecule has 1 aromatic carbocycles. The minimum atomic E-state index is -4.01. The normalized spacial score (nSPS) is 14.9. The van der Waals surface area contributed by atoms with Crippen LogP contribution in [0.5, 0.6) is 5.75 Å². The molecule has 0 spiro atoms. The van der Waals surface area contributed by atoms with Gasteiger partial charge in [-0.25, -0.2) is 13.6 Å². The van der Waals surface area contributed by atoms with Crippen molar-refractivity contribution in [3.63, 3.8) is 0 Å².